The number of ether oxygens (including phenoxy) is 4. The van der Waals surface area contributed by atoms with E-state index >= 15 is 0 Å². The Bertz CT molecular complexity index is 730. The summed E-state index contributed by atoms with van der Waals surface area (Å²) in [6.45, 7) is 0. The number of thiophene rings is 1. The zero-order valence-corrected chi connectivity index (χ0v) is 14.5. The molecule has 128 valence electrons. The summed E-state index contributed by atoms with van der Waals surface area (Å²) in [6.07, 6.45) is 0. The first kappa shape index (κ1) is 17.6. The number of amides is 1. The second-order valence-electron chi connectivity index (χ2n) is 4.52. The second kappa shape index (κ2) is 7.69. The zero-order chi connectivity index (χ0) is 17.7. The molecule has 0 bridgehead atoms. The van der Waals surface area contributed by atoms with Crippen molar-refractivity contribution < 1.29 is 28.5 Å². The fraction of sp³-hybridized carbons (Fsp3) is 0.250. The third-order valence-electron chi connectivity index (χ3n) is 3.22. The maximum absolute atomic E-state index is 12.5. The predicted molar refractivity (Wildman–Crippen MR) is 89.7 cm³/mol. The van der Waals surface area contributed by atoms with Crippen LogP contribution in [-0.2, 0) is 4.74 Å². The number of hydrogen-bond donors (Lipinski definition) is 1. The third kappa shape index (κ3) is 3.43. The van der Waals surface area contributed by atoms with Gasteiger partial charge in [0.1, 0.15) is 5.00 Å². The summed E-state index contributed by atoms with van der Waals surface area (Å²) in [5.74, 6) is 0.184. The van der Waals surface area contributed by atoms with Gasteiger partial charge in [0.15, 0.2) is 11.5 Å². The van der Waals surface area contributed by atoms with Crippen molar-refractivity contribution in [2.75, 3.05) is 33.8 Å². The molecule has 0 aliphatic heterocycles. The Balaban J connectivity index is 2.34. The van der Waals surface area contributed by atoms with Gasteiger partial charge in [-0.15, -0.1) is 11.3 Å². The first-order valence-corrected chi connectivity index (χ1v) is 7.70. The van der Waals surface area contributed by atoms with E-state index in [1.807, 2.05) is 0 Å². The SMILES string of the molecule is COC(=O)c1ccsc1NC(=O)c1cc(OC)c(OC)c(OC)c1. The van der Waals surface area contributed by atoms with Gasteiger partial charge < -0.3 is 24.3 Å². The summed E-state index contributed by atoms with van der Waals surface area (Å²) in [5.41, 5.74) is 0.594. The standard InChI is InChI=1S/C16H17NO6S/c1-20-11-7-9(8-12(21-2)13(11)22-3)14(18)17-15-10(5-6-24-15)16(19)23-4/h5-8H,1-4H3,(H,17,18). The maximum Gasteiger partial charge on any atom is 0.340 e. The Labute approximate surface area is 143 Å². The molecule has 0 aliphatic carbocycles. The lowest BCUT2D eigenvalue weighted by atomic mass is 10.1. The van der Waals surface area contributed by atoms with Crippen LogP contribution in [0.5, 0.6) is 17.2 Å². The van der Waals surface area contributed by atoms with Gasteiger partial charge in [-0.1, -0.05) is 0 Å². The molecule has 1 amide bonds. The number of carbonyl (C=O) groups excluding carboxylic acids is 2. The minimum atomic E-state index is -0.517. The Morgan fingerprint density at radius 3 is 2.12 bits per heavy atom. The molecule has 0 aliphatic rings. The second-order valence-corrected chi connectivity index (χ2v) is 5.44. The van der Waals surface area contributed by atoms with Gasteiger partial charge in [0.2, 0.25) is 5.75 Å². The number of esters is 1. The van der Waals surface area contributed by atoms with Crippen LogP contribution in [0, 0.1) is 0 Å². The maximum atomic E-state index is 12.5. The van der Waals surface area contributed by atoms with Gasteiger partial charge in [-0.25, -0.2) is 4.79 Å². The highest BCUT2D eigenvalue weighted by Crippen LogP contribution is 2.38. The van der Waals surface area contributed by atoms with Crippen LogP contribution < -0.4 is 19.5 Å². The molecule has 1 aromatic carbocycles. The fourth-order valence-electron chi connectivity index (χ4n) is 2.06. The highest BCUT2D eigenvalue weighted by Gasteiger charge is 2.20. The summed E-state index contributed by atoms with van der Waals surface area (Å²) in [5, 5.41) is 4.78. The number of benzene rings is 1. The summed E-state index contributed by atoms with van der Waals surface area (Å²) in [7, 11) is 5.69. The van der Waals surface area contributed by atoms with Crippen LogP contribution in [0.3, 0.4) is 0 Å². The number of methoxy groups -OCH3 is 4. The number of rotatable bonds is 6. The topological polar surface area (TPSA) is 83.1 Å². The van der Waals surface area contributed by atoms with Gasteiger partial charge in [0.05, 0.1) is 34.0 Å². The van der Waals surface area contributed by atoms with E-state index in [0.29, 0.717) is 33.4 Å². The van der Waals surface area contributed by atoms with E-state index in [1.165, 1.54) is 51.9 Å². The van der Waals surface area contributed by atoms with E-state index in [-0.39, 0.29) is 0 Å². The van der Waals surface area contributed by atoms with Gasteiger partial charge in [0, 0.05) is 5.56 Å². The fourth-order valence-corrected chi connectivity index (χ4v) is 2.83. The van der Waals surface area contributed by atoms with E-state index in [0.717, 1.165) is 0 Å². The molecule has 1 N–H and O–H groups in total. The van der Waals surface area contributed by atoms with Gasteiger partial charge in [-0.05, 0) is 23.6 Å². The lowest BCUT2D eigenvalue weighted by molar-refractivity contribution is 0.0602. The van der Waals surface area contributed by atoms with E-state index < -0.39 is 11.9 Å². The van der Waals surface area contributed by atoms with Crippen molar-refractivity contribution in [3.63, 3.8) is 0 Å². The summed E-state index contributed by atoms with van der Waals surface area (Å²) in [6, 6.07) is 4.64. The van der Waals surface area contributed by atoms with Crippen LogP contribution in [0.25, 0.3) is 0 Å². The minimum absolute atomic E-state index is 0.295. The van der Waals surface area contributed by atoms with Crippen molar-refractivity contribution in [3.05, 3.63) is 34.7 Å². The molecule has 0 spiro atoms. The Morgan fingerprint density at radius 2 is 1.62 bits per heavy atom. The van der Waals surface area contributed by atoms with Crippen molar-refractivity contribution in [2.45, 2.75) is 0 Å². The highest BCUT2D eigenvalue weighted by atomic mass is 32.1. The average Bonchev–Trinajstić information content (AvgIpc) is 3.07. The lowest BCUT2D eigenvalue weighted by Gasteiger charge is -2.14. The molecule has 24 heavy (non-hydrogen) atoms. The zero-order valence-electron chi connectivity index (χ0n) is 13.7. The van der Waals surface area contributed by atoms with Gasteiger partial charge in [-0.2, -0.15) is 0 Å². The molecule has 1 heterocycles. The average molecular weight is 351 g/mol. The normalized spacial score (nSPS) is 10.0. The molecule has 0 atom stereocenters. The molecule has 0 saturated carbocycles. The quantitative estimate of drug-likeness (QED) is 0.806. The lowest BCUT2D eigenvalue weighted by Crippen LogP contribution is -2.14. The molecular weight excluding hydrogens is 334 g/mol. The Morgan fingerprint density at radius 1 is 1.00 bits per heavy atom. The highest BCUT2D eigenvalue weighted by molar-refractivity contribution is 7.14. The van der Waals surface area contributed by atoms with Crippen LogP contribution in [0.2, 0.25) is 0 Å². The van der Waals surface area contributed by atoms with Crippen LogP contribution >= 0.6 is 11.3 Å². The molecular formula is C16H17NO6S. The smallest absolute Gasteiger partial charge is 0.340 e. The molecule has 0 radical (unpaired) electrons. The molecule has 7 nitrogen and oxygen atoms in total. The van der Waals surface area contributed by atoms with Crippen LogP contribution in [0.15, 0.2) is 23.6 Å². The van der Waals surface area contributed by atoms with E-state index in [1.54, 1.807) is 11.4 Å². The van der Waals surface area contributed by atoms with Crippen molar-refractivity contribution in [2.24, 2.45) is 0 Å². The summed E-state index contributed by atoms with van der Waals surface area (Å²) >= 11 is 1.22. The molecule has 2 aromatic rings. The molecule has 0 unspecified atom stereocenters. The monoisotopic (exact) mass is 351 g/mol. The minimum Gasteiger partial charge on any atom is -0.493 e. The van der Waals surface area contributed by atoms with Gasteiger partial charge in [0.25, 0.3) is 5.91 Å². The van der Waals surface area contributed by atoms with Gasteiger partial charge >= 0.3 is 5.97 Å². The van der Waals surface area contributed by atoms with Crippen molar-refractivity contribution in [3.8, 4) is 17.2 Å². The number of anilines is 1. The molecule has 0 saturated heterocycles. The van der Waals surface area contributed by atoms with Crippen LogP contribution in [-0.4, -0.2) is 40.3 Å². The van der Waals surface area contributed by atoms with Crippen molar-refractivity contribution in [1.82, 2.24) is 0 Å². The van der Waals surface area contributed by atoms with E-state index in [9.17, 15) is 9.59 Å². The molecule has 8 heteroatoms. The van der Waals surface area contributed by atoms with Crippen LogP contribution in [0.1, 0.15) is 20.7 Å². The third-order valence-corrected chi connectivity index (χ3v) is 4.05. The molecule has 1 aromatic heterocycles. The molecule has 2 rings (SSSR count). The van der Waals surface area contributed by atoms with Gasteiger partial charge in [-0.3, -0.25) is 4.79 Å². The number of nitrogens with one attached hydrogen (secondary N) is 1. The van der Waals surface area contributed by atoms with Crippen molar-refractivity contribution in [1.29, 1.82) is 0 Å². The summed E-state index contributed by atoms with van der Waals surface area (Å²) < 4.78 is 20.4. The van der Waals surface area contributed by atoms with E-state index in [2.05, 4.69) is 10.1 Å². The van der Waals surface area contributed by atoms with Crippen molar-refractivity contribution >= 4 is 28.2 Å². The first-order valence-electron chi connectivity index (χ1n) is 6.82. The predicted octanol–water partition coefficient (Wildman–Crippen LogP) is 2.81. The largest absolute Gasteiger partial charge is 0.493 e. The van der Waals surface area contributed by atoms with Crippen LogP contribution in [0.4, 0.5) is 5.00 Å². The molecule has 0 fully saturated rings. The number of hydrogen-bond acceptors (Lipinski definition) is 7. The Kier molecular flexibility index (Phi) is 5.64. The Hall–Kier alpha value is -2.74. The summed E-state index contributed by atoms with van der Waals surface area (Å²) in [4.78, 5) is 24.2. The number of carbonyl (C=O) groups is 2. The van der Waals surface area contributed by atoms with E-state index in [4.69, 9.17) is 14.2 Å². The first-order chi connectivity index (χ1) is 11.5.